The van der Waals surface area contributed by atoms with E-state index in [1.807, 2.05) is 11.9 Å². The van der Waals surface area contributed by atoms with Crippen molar-refractivity contribution in [1.82, 2.24) is 9.55 Å². The molecule has 2 aromatic rings. The van der Waals surface area contributed by atoms with Crippen LogP contribution in [0.4, 0.5) is 5.82 Å². The number of benzene rings is 1. The summed E-state index contributed by atoms with van der Waals surface area (Å²) in [5.41, 5.74) is 4.30. The molecule has 0 aliphatic carbocycles. The van der Waals surface area contributed by atoms with E-state index in [0.29, 0.717) is 17.0 Å². The summed E-state index contributed by atoms with van der Waals surface area (Å²) in [5, 5.41) is 0.636. The number of esters is 1. The van der Waals surface area contributed by atoms with Crippen molar-refractivity contribution in [2.45, 2.75) is 26.3 Å². The predicted octanol–water partition coefficient (Wildman–Crippen LogP) is 1.80. The van der Waals surface area contributed by atoms with Crippen molar-refractivity contribution >= 4 is 40.8 Å². The van der Waals surface area contributed by atoms with Crippen molar-refractivity contribution in [2.75, 3.05) is 12.3 Å². The number of nitrogens with one attached hydrogen (secondary N) is 1. The number of carbonyl (C=O) groups excluding carboxylic acids is 2. The molecule has 27 heavy (non-hydrogen) atoms. The number of rotatable bonds is 7. The molecular formula is C17H17Cl2N3O5. The van der Waals surface area contributed by atoms with Gasteiger partial charge in [0.05, 0.1) is 16.5 Å². The van der Waals surface area contributed by atoms with Crippen molar-refractivity contribution < 1.29 is 14.3 Å². The van der Waals surface area contributed by atoms with Crippen LogP contribution in [0.15, 0.2) is 27.8 Å². The molecule has 0 aliphatic heterocycles. The average molecular weight is 414 g/mol. The molecule has 0 amide bonds. The van der Waals surface area contributed by atoms with Gasteiger partial charge < -0.3 is 10.5 Å². The van der Waals surface area contributed by atoms with Gasteiger partial charge in [0.15, 0.2) is 6.61 Å². The Kier molecular flexibility index (Phi) is 6.81. The fourth-order valence-corrected chi connectivity index (χ4v) is 2.71. The highest BCUT2D eigenvalue weighted by atomic mass is 35.5. The summed E-state index contributed by atoms with van der Waals surface area (Å²) in [7, 11) is 0. The maximum atomic E-state index is 12.3. The van der Waals surface area contributed by atoms with E-state index in [4.69, 9.17) is 33.7 Å². The Morgan fingerprint density at radius 1 is 1.22 bits per heavy atom. The molecule has 0 bridgehead atoms. The number of aromatic nitrogens is 2. The van der Waals surface area contributed by atoms with E-state index in [1.165, 1.54) is 12.1 Å². The van der Waals surface area contributed by atoms with Gasteiger partial charge in [0.2, 0.25) is 5.78 Å². The quantitative estimate of drug-likeness (QED) is 0.526. The number of ketones is 1. The highest BCUT2D eigenvalue weighted by Gasteiger charge is 2.20. The van der Waals surface area contributed by atoms with E-state index in [1.54, 1.807) is 6.07 Å². The summed E-state index contributed by atoms with van der Waals surface area (Å²) < 4.78 is 6.00. The van der Waals surface area contributed by atoms with Crippen molar-refractivity contribution in [2.24, 2.45) is 0 Å². The SMILES string of the molecule is CCCn1c(N)c(C(=O)COC(=O)Cc2ccc(Cl)c(Cl)c2)c(=O)[nH]c1=O. The number of hydrogen-bond acceptors (Lipinski definition) is 6. The minimum atomic E-state index is -0.921. The zero-order chi connectivity index (χ0) is 20.1. The zero-order valence-electron chi connectivity index (χ0n) is 14.4. The zero-order valence-corrected chi connectivity index (χ0v) is 15.9. The number of H-pyrrole nitrogens is 1. The van der Waals surface area contributed by atoms with Gasteiger partial charge in [-0.05, 0) is 24.1 Å². The van der Waals surface area contributed by atoms with Gasteiger partial charge in [-0.1, -0.05) is 36.2 Å². The summed E-state index contributed by atoms with van der Waals surface area (Å²) in [4.78, 5) is 49.9. The summed E-state index contributed by atoms with van der Waals surface area (Å²) in [6, 6.07) is 4.64. The average Bonchev–Trinajstić information content (AvgIpc) is 2.60. The van der Waals surface area contributed by atoms with Gasteiger partial charge >= 0.3 is 11.7 Å². The Labute approximate surface area is 163 Å². The number of anilines is 1. The lowest BCUT2D eigenvalue weighted by molar-refractivity contribution is -0.141. The number of halogens is 2. The molecule has 2 rings (SSSR count). The molecule has 0 saturated heterocycles. The molecule has 0 fully saturated rings. The second-order valence-electron chi connectivity index (χ2n) is 5.68. The lowest BCUT2D eigenvalue weighted by Crippen LogP contribution is -2.37. The van der Waals surface area contributed by atoms with Crippen LogP contribution in [-0.2, 0) is 22.5 Å². The van der Waals surface area contributed by atoms with Gasteiger partial charge in [0.1, 0.15) is 11.4 Å². The highest BCUT2D eigenvalue weighted by Crippen LogP contribution is 2.22. The van der Waals surface area contributed by atoms with E-state index in [9.17, 15) is 19.2 Å². The number of nitrogens with two attached hydrogens (primary N) is 1. The fourth-order valence-electron chi connectivity index (χ4n) is 2.39. The summed E-state index contributed by atoms with van der Waals surface area (Å²) in [5.74, 6) is -1.75. The molecule has 3 N–H and O–H groups in total. The molecule has 1 heterocycles. The molecule has 0 aliphatic rings. The molecule has 144 valence electrons. The fraction of sp³-hybridized carbons (Fsp3) is 0.294. The lowest BCUT2D eigenvalue weighted by atomic mass is 10.1. The highest BCUT2D eigenvalue weighted by molar-refractivity contribution is 6.42. The van der Waals surface area contributed by atoms with Crippen LogP contribution in [0, 0.1) is 0 Å². The van der Waals surface area contributed by atoms with Crippen LogP contribution < -0.4 is 17.0 Å². The van der Waals surface area contributed by atoms with Crippen LogP contribution in [0.2, 0.25) is 10.0 Å². The normalized spacial score (nSPS) is 10.6. The lowest BCUT2D eigenvalue weighted by Gasteiger charge is -2.11. The second-order valence-corrected chi connectivity index (χ2v) is 6.49. The number of nitrogen functional groups attached to an aromatic ring is 1. The monoisotopic (exact) mass is 413 g/mol. The number of hydrogen-bond donors (Lipinski definition) is 2. The summed E-state index contributed by atoms with van der Waals surface area (Å²) >= 11 is 11.7. The Hall–Kier alpha value is -2.58. The van der Waals surface area contributed by atoms with Gasteiger partial charge in [-0.25, -0.2) is 4.79 Å². The van der Waals surface area contributed by atoms with Crippen LogP contribution in [0.3, 0.4) is 0 Å². The second kappa shape index (κ2) is 8.88. The number of Topliss-reactive ketones (excluding diaryl/α,β-unsaturated/α-hetero) is 1. The van der Waals surface area contributed by atoms with Gasteiger partial charge in [-0.2, -0.15) is 0 Å². The van der Waals surface area contributed by atoms with Crippen LogP contribution in [-0.4, -0.2) is 27.9 Å². The Morgan fingerprint density at radius 2 is 1.93 bits per heavy atom. The van der Waals surface area contributed by atoms with Gasteiger partial charge in [0.25, 0.3) is 5.56 Å². The summed E-state index contributed by atoms with van der Waals surface area (Å²) in [6.07, 6.45) is 0.438. The van der Waals surface area contributed by atoms with E-state index < -0.39 is 35.2 Å². The van der Waals surface area contributed by atoms with Crippen molar-refractivity contribution in [3.8, 4) is 0 Å². The molecule has 0 unspecified atom stereocenters. The topological polar surface area (TPSA) is 124 Å². The molecule has 1 aromatic carbocycles. The molecule has 1 aromatic heterocycles. The van der Waals surface area contributed by atoms with E-state index in [2.05, 4.69) is 0 Å². The molecular weight excluding hydrogens is 397 g/mol. The first-order valence-corrected chi connectivity index (χ1v) is 8.75. The first-order chi connectivity index (χ1) is 12.7. The third-order valence-electron chi connectivity index (χ3n) is 3.66. The molecule has 0 atom stereocenters. The van der Waals surface area contributed by atoms with Gasteiger partial charge in [-0.15, -0.1) is 0 Å². The van der Waals surface area contributed by atoms with Crippen LogP contribution >= 0.6 is 23.2 Å². The molecule has 0 saturated carbocycles. The van der Waals surface area contributed by atoms with Crippen LogP contribution in [0.25, 0.3) is 0 Å². The van der Waals surface area contributed by atoms with E-state index in [-0.39, 0.29) is 23.8 Å². The number of ether oxygens (including phenoxy) is 1. The molecule has 8 nitrogen and oxygen atoms in total. The standard InChI is InChI=1S/C17H17Cl2N3O5/c1-2-5-22-15(20)14(16(25)21-17(22)26)12(23)8-27-13(24)7-9-3-4-10(18)11(19)6-9/h3-4,6H,2,5,7-8,20H2,1H3,(H,21,25,26). The minimum absolute atomic E-state index is 0.134. The Balaban J connectivity index is 2.10. The third kappa shape index (κ3) is 4.99. The molecule has 0 spiro atoms. The van der Waals surface area contributed by atoms with Gasteiger partial charge in [0, 0.05) is 6.54 Å². The van der Waals surface area contributed by atoms with Gasteiger partial charge in [-0.3, -0.25) is 23.9 Å². The largest absolute Gasteiger partial charge is 0.457 e. The van der Waals surface area contributed by atoms with Crippen molar-refractivity contribution in [1.29, 1.82) is 0 Å². The molecule has 0 radical (unpaired) electrons. The number of nitrogens with zero attached hydrogens (tertiary/aromatic N) is 1. The first-order valence-electron chi connectivity index (χ1n) is 8.00. The maximum Gasteiger partial charge on any atom is 0.329 e. The van der Waals surface area contributed by atoms with E-state index in [0.717, 1.165) is 4.57 Å². The van der Waals surface area contributed by atoms with Crippen LogP contribution in [0.5, 0.6) is 0 Å². The van der Waals surface area contributed by atoms with Crippen molar-refractivity contribution in [3.05, 3.63) is 60.2 Å². The minimum Gasteiger partial charge on any atom is -0.457 e. The summed E-state index contributed by atoms with van der Waals surface area (Å²) in [6.45, 7) is 1.36. The predicted molar refractivity (Wildman–Crippen MR) is 101 cm³/mol. The number of carbonyl (C=O) groups is 2. The Bertz CT molecular complexity index is 997. The van der Waals surface area contributed by atoms with Crippen LogP contribution in [0.1, 0.15) is 29.3 Å². The van der Waals surface area contributed by atoms with E-state index >= 15 is 0 Å². The smallest absolute Gasteiger partial charge is 0.329 e. The Morgan fingerprint density at radius 3 is 2.56 bits per heavy atom. The third-order valence-corrected chi connectivity index (χ3v) is 4.40. The maximum absolute atomic E-state index is 12.3. The van der Waals surface area contributed by atoms with Crippen molar-refractivity contribution in [3.63, 3.8) is 0 Å². The molecule has 10 heteroatoms. The first kappa shape index (κ1) is 20.7. The number of aromatic amines is 1.